The third-order valence-corrected chi connectivity index (χ3v) is 3.20. The molecule has 2 rings (SSSR count). The van der Waals surface area contributed by atoms with Crippen molar-refractivity contribution in [2.24, 2.45) is 0 Å². The molecule has 98 valence electrons. The predicted octanol–water partition coefficient (Wildman–Crippen LogP) is 1.46. The maximum absolute atomic E-state index is 9.18. The van der Waals surface area contributed by atoms with Crippen molar-refractivity contribution >= 4 is 23.0 Å². The van der Waals surface area contributed by atoms with E-state index in [1.807, 2.05) is 42.2 Å². The number of nitrogens with zero attached hydrogens (tertiary/aromatic N) is 1. The Morgan fingerprint density at radius 2 is 2.17 bits per heavy atom. The van der Waals surface area contributed by atoms with Crippen LogP contribution in [-0.4, -0.2) is 47.0 Å². The number of hydrogen-bond donors (Lipinski definition) is 2. The van der Waals surface area contributed by atoms with Crippen LogP contribution in [0.4, 0.5) is 5.69 Å². The summed E-state index contributed by atoms with van der Waals surface area (Å²) in [4.78, 5) is 2.04. The van der Waals surface area contributed by atoms with Crippen LogP contribution in [0.2, 0.25) is 0 Å². The molecule has 0 aromatic heterocycles. The van der Waals surface area contributed by atoms with E-state index in [-0.39, 0.29) is 18.8 Å². The number of anilines is 1. The van der Waals surface area contributed by atoms with Crippen LogP contribution in [0.5, 0.6) is 0 Å². The standard InChI is InChI=1S/C13H18N2O2S/c1-10-7-15(8-12(9-16)17-10)13(18)14-11-5-3-2-4-6-11/h2-6,10,12,16H,7-9H2,1H3,(H,14,18). The molecule has 4 nitrogen and oxygen atoms in total. The smallest absolute Gasteiger partial charge is 0.173 e. The lowest BCUT2D eigenvalue weighted by molar-refractivity contribution is -0.0779. The highest BCUT2D eigenvalue weighted by Gasteiger charge is 2.26. The summed E-state index contributed by atoms with van der Waals surface area (Å²) in [6.45, 7) is 3.38. The zero-order chi connectivity index (χ0) is 13.0. The van der Waals surface area contributed by atoms with E-state index in [1.54, 1.807) is 0 Å². The Morgan fingerprint density at radius 3 is 2.83 bits per heavy atom. The Labute approximate surface area is 113 Å². The van der Waals surface area contributed by atoms with Crippen molar-refractivity contribution in [3.05, 3.63) is 30.3 Å². The van der Waals surface area contributed by atoms with Gasteiger partial charge in [0.05, 0.1) is 18.8 Å². The van der Waals surface area contributed by atoms with Gasteiger partial charge < -0.3 is 20.1 Å². The van der Waals surface area contributed by atoms with Crippen LogP contribution >= 0.6 is 12.2 Å². The zero-order valence-corrected chi connectivity index (χ0v) is 11.2. The zero-order valence-electron chi connectivity index (χ0n) is 10.4. The normalized spacial score (nSPS) is 23.8. The summed E-state index contributed by atoms with van der Waals surface area (Å²) >= 11 is 5.39. The van der Waals surface area contributed by atoms with Gasteiger partial charge in [0, 0.05) is 18.8 Å². The molecule has 0 bridgehead atoms. The topological polar surface area (TPSA) is 44.7 Å². The second-order valence-corrected chi connectivity index (χ2v) is 4.84. The summed E-state index contributed by atoms with van der Waals surface area (Å²) in [6, 6.07) is 9.83. The third kappa shape index (κ3) is 3.41. The second kappa shape index (κ2) is 6.13. The van der Waals surface area contributed by atoms with E-state index in [4.69, 9.17) is 17.0 Å². The number of thiocarbonyl (C=S) groups is 1. The lowest BCUT2D eigenvalue weighted by atomic mass is 10.2. The Balaban J connectivity index is 1.96. The van der Waals surface area contributed by atoms with Crippen LogP contribution in [0, 0.1) is 0 Å². The lowest BCUT2D eigenvalue weighted by Gasteiger charge is -2.37. The molecule has 1 saturated heterocycles. The van der Waals surface area contributed by atoms with Crippen molar-refractivity contribution in [1.82, 2.24) is 4.90 Å². The Morgan fingerprint density at radius 1 is 1.44 bits per heavy atom. The first-order chi connectivity index (χ1) is 8.69. The molecule has 1 aliphatic rings. The summed E-state index contributed by atoms with van der Waals surface area (Å²) in [6.07, 6.45) is -0.0873. The number of nitrogens with one attached hydrogen (secondary N) is 1. The maximum atomic E-state index is 9.18. The molecule has 2 atom stereocenters. The fourth-order valence-corrected chi connectivity index (χ4v) is 2.30. The molecule has 2 unspecified atom stereocenters. The highest BCUT2D eigenvalue weighted by atomic mass is 32.1. The molecule has 1 fully saturated rings. The molecule has 0 aliphatic carbocycles. The van der Waals surface area contributed by atoms with Crippen molar-refractivity contribution in [3.8, 4) is 0 Å². The number of benzene rings is 1. The summed E-state index contributed by atoms with van der Waals surface area (Å²) in [5.41, 5.74) is 0.974. The van der Waals surface area contributed by atoms with E-state index in [1.165, 1.54) is 0 Å². The van der Waals surface area contributed by atoms with Crippen molar-refractivity contribution in [3.63, 3.8) is 0 Å². The van der Waals surface area contributed by atoms with Gasteiger partial charge in [0.25, 0.3) is 0 Å². The predicted molar refractivity (Wildman–Crippen MR) is 75.7 cm³/mol. The molecule has 0 saturated carbocycles. The van der Waals surface area contributed by atoms with Gasteiger partial charge in [-0.2, -0.15) is 0 Å². The molecule has 1 heterocycles. The molecule has 1 aromatic rings. The van der Waals surface area contributed by atoms with E-state index in [0.717, 1.165) is 12.2 Å². The van der Waals surface area contributed by atoms with Gasteiger partial charge in [-0.3, -0.25) is 0 Å². The molecule has 0 radical (unpaired) electrons. The molecule has 1 aliphatic heterocycles. The molecule has 18 heavy (non-hydrogen) atoms. The molecule has 0 amide bonds. The Hall–Kier alpha value is -1.17. The summed E-state index contributed by atoms with van der Waals surface area (Å²) in [5, 5.41) is 13.1. The Kier molecular flexibility index (Phi) is 4.52. The maximum Gasteiger partial charge on any atom is 0.173 e. The fraction of sp³-hybridized carbons (Fsp3) is 0.462. The first-order valence-corrected chi connectivity index (χ1v) is 6.47. The number of aliphatic hydroxyl groups is 1. The number of hydrogen-bond acceptors (Lipinski definition) is 3. The van der Waals surface area contributed by atoms with Crippen LogP contribution in [0.1, 0.15) is 6.92 Å². The van der Waals surface area contributed by atoms with Crippen molar-refractivity contribution < 1.29 is 9.84 Å². The van der Waals surface area contributed by atoms with Crippen molar-refractivity contribution in [1.29, 1.82) is 0 Å². The first-order valence-electron chi connectivity index (χ1n) is 6.06. The number of rotatable bonds is 2. The molecule has 0 spiro atoms. The summed E-state index contributed by atoms with van der Waals surface area (Å²) in [5.74, 6) is 0. The van der Waals surface area contributed by atoms with Crippen LogP contribution in [0.3, 0.4) is 0 Å². The average Bonchev–Trinajstić information content (AvgIpc) is 2.39. The molecule has 2 N–H and O–H groups in total. The van der Waals surface area contributed by atoms with E-state index in [9.17, 15) is 5.11 Å². The van der Waals surface area contributed by atoms with Crippen LogP contribution in [0.25, 0.3) is 0 Å². The van der Waals surface area contributed by atoms with E-state index < -0.39 is 0 Å². The minimum atomic E-state index is -0.163. The fourth-order valence-electron chi connectivity index (χ4n) is 2.04. The number of ether oxygens (including phenoxy) is 1. The van der Waals surface area contributed by atoms with Gasteiger partial charge in [0.2, 0.25) is 0 Å². The van der Waals surface area contributed by atoms with Crippen molar-refractivity contribution in [2.75, 3.05) is 25.0 Å². The molecular weight excluding hydrogens is 248 g/mol. The minimum absolute atomic E-state index is 0.0226. The van der Waals surface area contributed by atoms with E-state index in [0.29, 0.717) is 11.7 Å². The van der Waals surface area contributed by atoms with Crippen molar-refractivity contribution in [2.45, 2.75) is 19.1 Å². The highest BCUT2D eigenvalue weighted by Crippen LogP contribution is 2.13. The van der Waals surface area contributed by atoms with Gasteiger partial charge in [-0.25, -0.2) is 0 Å². The Bertz CT molecular complexity index is 399. The van der Waals surface area contributed by atoms with E-state index >= 15 is 0 Å². The molecular formula is C13H18N2O2S. The number of aliphatic hydroxyl groups excluding tert-OH is 1. The van der Waals surface area contributed by atoms with Gasteiger partial charge in [-0.1, -0.05) is 18.2 Å². The van der Waals surface area contributed by atoms with Gasteiger partial charge in [0.15, 0.2) is 5.11 Å². The summed E-state index contributed by atoms with van der Waals surface area (Å²) in [7, 11) is 0. The highest BCUT2D eigenvalue weighted by molar-refractivity contribution is 7.80. The van der Waals surface area contributed by atoms with Gasteiger partial charge in [-0.05, 0) is 31.3 Å². The largest absolute Gasteiger partial charge is 0.394 e. The molecule has 1 aromatic carbocycles. The van der Waals surface area contributed by atoms with Gasteiger partial charge >= 0.3 is 0 Å². The second-order valence-electron chi connectivity index (χ2n) is 4.45. The SMILES string of the molecule is CC1CN(C(=S)Nc2ccccc2)CC(CO)O1. The molecule has 5 heteroatoms. The number of morpholine rings is 1. The van der Waals surface area contributed by atoms with Gasteiger partial charge in [-0.15, -0.1) is 0 Å². The first kappa shape index (κ1) is 13.3. The van der Waals surface area contributed by atoms with Crippen LogP contribution in [0.15, 0.2) is 30.3 Å². The minimum Gasteiger partial charge on any atom is -0.394 e. The summed E-state index contributed by atoms with van der Waals surface area (Å²) < 4.78 is 5.59. The monoisotopic (exact) mass is 266 g/mol. The quantitative estimate of drug-likeness (QED) is 0.794. The third-order valence-electron chi connectivity index (χ3n) is 2.84. The van der Waals surface area contributed by atoms with Crippen LogP contribution < -0.4 is 5.32 Å². The lowest BCUT2D eigenvalue weighted by Crippen LogP contribution is -2.51. The number of para-hydroxylation sites is 1. The van der Waals surface area contributed by atoms with Crippen LogP contribution in [-0.2, 0) is 4.74 Å². The van der Waals surface area contributed by atoms with Gasteiger partial charge in [0.1, 0.15) is 0 Å². The van der Waals surface area contributed by atoms with E-state index in [2.05, 4.69) is 5.32 Å². The average molecular weight is 266 g/mol.